The average molecular weight is 519 g/mol. The Morgan fingerprint density at radius 1 is 1.00 bits per heavy atom. The van der Waals surface area contributed by atoms with Crippen LogP contribution in [0.1, 0.15) is 32.0 Å². The molecule has 0 aliphatic carbocycles. The molecular weight excluding hydrogens is 507 g/mol. The maximum absolute atomic E-state index is 13.1. The van der Waals surface area contributed by atoms with Gasteiger partial charge in [-0.25, -0.2) is 9.59 Å². The highest BCUT2D eigenvalue weighted by Gasteiger charge is 2.36. The van der Waals surface area contributed by atoms with Crippen LogP contribution in [0.4, 0.5) is 18.9 Å². The highest BCUT2D eigenvalue weighted by molar-refractivity contribution is 8.27. The summed E-state index contributed by atoms with van der Waals surface area (Å²) in [6.07, 6.45) is -3.25. The molecule has 0 unspecified atom stereocenters. The van der Waals surface area contributed by atoms with Gasteiger partial charge in [-0.2, -0.15) is 13.2 Å². The molecule has 0 saturated carbocycles. The van der Waals surface area contributed by atoms with Gasteiger partial charge in [0, 0.05) is 11.6 Å². The van der Waals surface area contributed by atoms with E-state index in [0.717, 1.165) is 34.9 Å². The summed E-state index contributed by atoms with van der Waals surface area (Å²) in [5.74, 6) is -2.96. The van der Waals surface area contributed by atoms with E-state index in [4.69, 9.17) is 16.6 Å². The van der Waals surface area contributed by atoms with Gasteiger partial charge < -0.3 is 14.6 Å². The number of hydrogen-bond donors (Lipinski definition) is 2. The van der Waals surface area contributed by atoms with E-state index in [0.29, 0.717) is 0 Å². The van der Waals surface area contributed by atoms with E-state index in [9.17, 15) is 37.8 Å². The van der Waals surface area contributed by atoms with Crippen molar-refractivity contribution in [2.75, 3.05) is 4.90 Å². The van der Waals surface area contributed by atoms with Crippen molar-refractivity contribution in [3.05, 3.63) is 82.0 Å². The van der Waals surface area contributed by atoms with Gasteiger partial charge in [-0.05, 0) is 48.5 Å². The largest absolute Gasteiger partial charge is 0.478 e. The number of carboxylic acids is 2. The monoisotopic (exact) mass is 519 g/mol. The molecule has 0 atom stereocenters. The van der Waals surface area contributed by atoms with Crippen molar-refractivity contribution in [1.29, 1.82) is 0 Å². The van der Waals surface area contributed by atoms with Gasteiger partial charge in [0.2, 0.25) is 0 Å². The third-order valence-electron chi connectivity index (χ3n) is 4.84. The Hall–Kier alpha value is -3.90. The smallest absolute Gasteiger partial charge is 0.416 e. The van der Waals surface area contributed by atoms with Gasteiger partial charge in [0.05, 0.1) is 27.3 Å². The first-order chi connectivity index (χ1) is 16.4. The van der Waals surface area contributed by atoms with E-state index in [2.05, 4.69) is 0 Å². The maximum atomic E-state index is 13.1. The van der Waals surface area contributed by atoms with Crippen LogP contribution in [0, 0.1) is 0 Å². The lowest BCUT2D eigenvalue weighted by molar-refractivity contribution is -0.137. The van der Waals surface area contributed by atoms with Gasteiger partial charge in [0.1, 0.15) is 11.5 Å². The minimum Gasteiger partial charge on any atom is -0.478 e. The van der Waals surface area contributed by atoms with Crippen LogP contribution < -0.4 is 4.90 Å². The second kappa shape index (κ2) is 9.04. The minimum atomic E-state index is -4.59. The van der Waals surface area contributed by atoms with Crippen LogP contribution >= 0.6 is 24.0 Å². The number of carbonyl (C=O) groups excluding carboxylic acids is 1. The van der Waals surface area contributed by atoms with Crippen molar-refractivity contribution in [3.63, 3.8) is 0 Å². The van der Waals surface area contributed by atoms with Crippen molar-refractivity contribution >= 4 is 57.9 Å². The van der Waals surface area contributed by atoms with Crippen LogP contribution in [-0.2, 0) is 11.0 Å². The van der Waals surface area contributed by atoms with E-state index in [1.54, 1.807) is 0 Å². The fraction of sp³-hybridized carbons (Fsp3) is 0.0435. The number of anilines is 1. The lowest BCUT2D eigenvalue weighted by atomic mass is 10.0. The van der Waals surface area contributed by atoms with Crippen LogP contribution in [0.25, 0.3) is 17.4 Å². The Kier molecular flexibility index (Phi) is 6.26. The number of rotatable bonds is 5. The molecule has 4 rings (SSSR count). The van der Waals surface area contributed by atoms with Gasteiger partial charge >= 0.3 is 18.1 Å². The van der Waals surface area contributed by atoms with Gasteiger partial charge in [-0.15, -0.1) is 0 Å². The second-order valence-corrected chi connectivity index (χ2v) is 8.85. The summed E-state index contributed by atoms with van der Waals surface area (Å²) in [7, 11) is 0. The number of alkyl halides is 3. The van der Waals surface area contributed by atoms with E-state index >= 15 is 0 Å². The molecule has 3 aromatic rings. The van der Waals surface area contributed by atoms with Crippen molar-refractivity contribution in [3.8, 4) is 11.3 Å². The molecule has 1 aliphatic rings. The lowest BCUT2D eigenvalue weighted by Crippen LogP contribution is -2.27. The number of carboxylic acid groups (broad SMARTS) is 2. The number of nitrogens with zero attached hydrogens (tertiary/aromatic N) is 1. The van der Waals surface area contributed by atoms with Crippen LogP contribution in [-0.4, -0.2) is 32.4 Å². The zero-order valence-corrected chi connectivity index (χ0v) is 18.8. The highest BCUT2D eigenvalue weighted by atomic mass is 32.2. The summed E-state index contributed by atoms with van der Waals surface area (Å²) < 4.78 is 44.9. The van der Waals surface area contributed by atoms with Crippen molar-refractivity contribution in [2.24, 2.45) is 0 Å². The fourth-order valence-electron chi connectivity index (χ4n) is 3.24. The summed E-state index contributed by atoms with van der Waals surface area (Å²) in [4.78, 5) is 36.6. The molecule has 2 heterocycles. The Morgan fingerprint density at radius 2 is 1.66 bits per heavy atom. The van der Waals surface area contributed by atoms with Gasteiger partial charge in [0.25, 0.3) is 5.91 Å². The van der Waals surface area contributed by atoms with E-state index in [-0.39, 0.29) is 43.1 Å². The third-order valence-corrected chi connectivity index (χ3v) is 6.14. The quantitative estimate of drug-likeness (QED) is 0.323. The number of halogens is 3. The summed E-state index contributed by atoms with van der Waals surface area (Å²) >= 11 is 6.07. The SMILES string of the molecule is O=C(O)c1cc(C(=O)O)cc(-c2ccc(/C=C3\SC(=S)N(c4cccc(C(F)(F)F)c4)C3=O)o2)c1. The maximum Gasteiger partial charge on any atom is 0.416 e. The number of carbonyl (C=O) groups is 3. The topological polar surface area (TPSA) is 108 Å². The normalized spacial score (nSPS) is 15.2. The molecular formula is C23H12F3NO6S2. The summed E-state index contributed by atoms with van der Waals surface area (Å²) in [6.45, 7) is 0. The Morgan fingerprint density at radius 3 is 2.26 bits per heavy atom. The highest BCUT2D eigenvalue weighted by Crippen LogP contribution is 2.39. The molecule has 2 N–H and O–H groups in total. The Bertz CT molecular complexity index is 1390. The Labute approximate surface area is 204 Å². The van der Waals surface area contributed by atoms with Gasteiger partial charge in [-0.3, -0.25) is 9.69 Å². The zero-order chi connectivity index (χ0) is 25.5. The number of thioether (sulfide) groups is 1. The predicted octanol–water partition coefficient (Wildman–Crippen LogP) is 5.77. The van der Waals surface area contributed by atoms with Crippen molar-refractivity contribution in [2.45, 2.75) is 6.18 Å². The molecule has 1 aliphatic heterocycles. The average Bonchev–Trinajstić information content (AvgIpc) is 3.37. The molecule has 178 valence electrons. The van der Waals surface area contributed by atoms with Crippen LogP contribution in [0.3, 0.4) is 0 Å². The zero-order valence-electron chi connectivity index (χ0n) is 17.2. The van der Waals surface area contributed by atoms with E-state index < -0.39 is 29.6 Å². The van der Waals surface area contributed by atoms with E-state index in [1.165, 1.54) is 42.5 Å². The molecule has 7 nitrogen and oxygen atoms in total. The molecule has 0 radical (unpaired) electrons. The van der Waals surface area contributed by atoms with Crippen LogP contribution in [0.2, 0.25) is 0 Å². The number of hydrogen-bond acceptors (Lipinski definition) is 6. The Balaban J connectivity index is 1.64. The molecule has 1 amide bonds. The van der Waals surface area contributed by atoms with Crippen LogP contribution in [0.15, 0.2) is 63.9 Å². The van der Waals surface area contributed by atoms with Crippen molar-refractivity contribution in [1.82, 2.24) is 0 Å². The number of benzene rings is 2. The summed E-state index contributed by atoms with van der Waals surface area (Å²) in [5, 5.41) is 18.5. The molecule has 1 saturated heterocycles. The molecule has 2 aromatic carbocycles. The molecule has 0 bridgehead atoms. The summed E-state index contributed by atoms with van der Waals surface area (Å²) in [6, 6.07) is 10.7. The van der Waals surface area contributed by atoms with E-state index in [1.807, 2.05) is 0 Å². The molecule has 35 heavy (non-hydrogen) atoms. The third kappa shape index (κ3) is 4.98. The van der Waals surface area contributed by atoms with Crippen LogP contribution in [0.5, 0.6) is 0 Å². The minimum absolute atomic E-state index is 0.0301. The number of amides is 1. The van der Waals surface area contributed by atoms with Gasteiger partial charge in [-0.1, -0.05) is 30.0 Å². The fourth-order valence-corrected chi connectivity index (χ4v) is 4.52. The number of aromatic carboxylic acids is 2. The number of thiocarbonyl (C=S) groups is 1. The molecule has 0 spiro atoms. The van der Waals surface area contributed by atoms with Gasteiger partial charge in [0.15, 0.2) is 4.32 Å². The molecule has 1 aromatic heterocycles. The second-order valence-electron chi connectivity index (χ2n) is 7.18. The first kappa shape index (κ1) is 24.2. The molecule has 1 fully saturated rings. The van der Waals surface area contributed by atoms with Crippen molar-refractivity contribution < 1.29 is 42.2 Å². The number of furan rings is 1. The predicted molar refractivity (Wildman–Crippen MR) is 125 cm³/mol. The standard InChI is InChI=1S/C23H12F3NO6S2/c24-23(25,26)14-2-1-3-15(9-14)27-19(28)18(35-22(27)34)10-16-4-5-17(33-16)11-6-12(20(29)30)8-13(7-11)21(31)32/h1-10H,(H,29,30)(H,31,32)/b18-10-. The first-order valence-corrected chi connectivity index (χ1v) is 10.8. The molecule has 12 heteroatoms. The summed E-state index contributed by atoms with van der Waals surface area (Å²) in [5.41, 5.74) is -1.26. The first-order valence-electron chi connectivity index (χ1n) is 9.61. The lowest BCUT2D eigenvalue weighted by Gasteiger charge is -2.16.